The molecule has 52 valence electrons. The molecule has 0 radical (unpaired) electrons. The van der Waals surface area contributed by atoms with Crippen molar-refractivity contribution >= 4 is 0 Å². The first kappa shape index (κ1) is 5.72. The molecule has 0 amide bonds. The minimum Gasteiger partial charge on any atom is -0.316 e. The van der Waals surface area contributed by atoms with Crippen LogP contribution in [0.2, 0.25) is 0 Å². The van der Waals surface area contributed by atoms with Gasteiger partial charge in [-0.1, -0.05) is 13.8 Å². The number of rotatable bonds is 0. The van der Waals surface area contributed by atoms with Gasteiger partial charge in [0.25, 0.3) is 0 Å². The van der Waals surface area contributed by atoms with Gasteiger partial charge in [0.15, 0.2) is 0 Å². The van der Waals surface area contributed by atoms with E-state index in [2.05, 4.69) is 19.2 Å². The van der Waals surface area contributed by atoms with E-state index in [1.807, 2.05) is 0 Å². The Morgan fingerprint density at radius 3 is 2.44 bits per heavy atom. The molecule has 2 unspecified atom stereocenters. The van der Waals surface area contributed by atoms with E-state index in [9.17, 15) is 0 Å². The molecule has 1 saturated carbocycles. The van der Waals surface area contributed by atoms with Crippen LogP contribution in [-0.4, -0.2) is 13.1 Å². The molecular formula is C8H15N. The normalized spacial score (nSPS) is 56.7. The molecular weight excluding hydrogens is 110 g/mol. The molecule has 1 N–H and O–H groups in total. The molecule has 1 heteroatoms. The molecule has 0 aromatic rings. The van der Waals surface area contributed by atoms with Crippen LogP contribution in [0.1, 0.15) is 26.7 Å². The van der Waals surface area contributed by atoms with E-state index in [1.165, 1.54) is 25.9 Å². The molecule has 1 aliphatic heterocycles. The topological polar surface area (TPSA) is 12.0 Å². The Bertz CT molecular complexity index is 120. The van der Waals surface area contributed by atoms with E-state index >= 15 is 0 Å². The minimum absolute atomic E-state index is 0.672. The summed E-state index contributed by atoms with van der Waals surface area (Å²) in [7, 11) is 0. The predicted octanol–water partition coefficient (Wildman–Crippen LogP) is 1.40. The molecule has 1 aliphatic carbocycles. The average molecular weight is 125 g/mol. The minimum atomic E-state index is 0.672. The van der Waals surface area contributed by atoms with E-state index in [-0.39, 0.29) is 0 Å². The Balaban J connectivity index is 2.15. The van der Waals surface area contributed by atoms with Crippen LogP contribution in [0.4, 0.5) is 0 Å². The zero-order chi connectivity index (χ0) is 6.54. The fraction of sp³-hybridized carbons (Fsp3) is 1.00. The fourth-order valence-corrected chi connectivity index (χ4v) is 2.21. The van der Waals surface area contributed by atoms with Crippen LogP contribution >= 0.6 is 0 Å². The van der Waals surface area contributed by atoms with E-state index in [1.54, 1.807) is 0 Å². The van der Waals surface area contributed by atoms with Crippen LogP contribution in [-0.2, 0) is 0 Å². The predicted molar refractivity (Wildman–Crippen MR) is 38.3 cm³/mol. The second kappa shape index (κ2) is 1.34. The standard InChI is InChI=1S/C8H15N/c1-7-3-4-9-6-8(7,2)5-7/h9H,3-6H2,1-2H3. The highest BCUT2D eigenvalue weighted by molar-refractivity contribution is 5.12. The van der Waals surface area contributed by atoms with Crippen LogP contribution < -0.4 is 5.32 Å². The van der Waals surface area contributed by atoms with E-state index in [0.717, 1.165) is 5.41 Å². The van der Waals surface area contributed by atoms with Crippen molar-refractivity contribution in [1.29, 1.82) is 0 Å². The number of fused-ring (bicyclic) bond motifs is 1. The molecule has 1 nitrogen and oxygen atoms in total. The molecule has 0 aromatic carbocycles. The molecule has 9 heavy (non-hydrogen) atoms. The van der Waals surface area contributed by atoms with Gasteiger partial charge in [-0.05, 0) is 30.2 Å². The quantitative estimate of drug-likeness (QED) is 0.516. The lowest BCUT2D eigenvalue weighted by Gasteiger charge is -2.24. The Labute approximate surface area is 56.8 Å². The number of nitrogens with one attached hydrogen (secondary N) is 1. The van der Waals surface area contributed by atoms with Crippen LogP contribution in [0.5, 0.6) is 0 Å². The van der Waals surface area contributed by atoms with Crippen molar-refractivity contribution in [3.63, 3.8) is 0 Å². The van der Waals surface area contributed by atoms with E-state index in [0.29, 0.717) is 5.41 Å². The van der Waals surface area contributed by atoms with Crippen LogP contribution in [0, 0.1) is 10.8 Å². The number of hydrogen-bond acceptors (Lipinski definition) is 1. The maximum atomic E-state index is 3.44. The largest absolute Gasteiger partial charge is 0.316 e. The summed E-state index contributed by atoms with van der Waals surface area (Å²) in [4.78, 5) is 0. The van der Waals surface area contributed by atoms with Gasteiger partial charge in [0, 0.05) is 6.54 Å². The number of hydrogen-bond donors (Lipinski definition) is 1. The van der Waals surface area contributed by atoms with Gasteiger partial charge < -0.3 is 5.32 Å². The first-order chi connectivity index (χ1) is 4.16. The Morgan fingerprint density at radius 1 is 1.22 bits per heavy atom. The smallest absolute Gasteiger partial charge is 0.00106 e. The van der Waals surface area contributed by atoms with E-state index in [4.69, 9.17) is 0 Å². The summed E-state index contributed by atoms with van der Waals surface area (Å²) in [6.45, 7) is 7.32. The van der Waals surface area contributed by atoms with Gasteiger partial charge in [0.1, 0.15) is 0 Å². The van der Waals surface area contributed by atoms with Crippen LogP contribution in [0.15, 0.2) is 0 Å². The summed E-state index contributed by atoms with van der Waals surface area (Å²) in [6, 6.07) is 0. The first-order valence-corrected chi connectivity index (χ1v) is 3.87. The molecule has 0 bridgehead atoms. The summed E-state index contributed by atoms with van der Waals surface area (Å²) in [5, 5.41) is 3.44. The van der Waals surface area contributed by atoms with Gasteiger partial charge >= 0.3 is 0 Å². The highest BCUT2D eigenvalue weighted by Crippen LogP contribution is 2.66. The van der Waals surface area contributed by atoms with Crippen molar-refractivity contribution in [2.75, 3.05) is 13.1 Å². The summed E-state index contributed by atoms with van der Waals surface area (Å²) >= 11 is 0. The first-order valence-electron chi connectivity index (χ1n) is 3.87. The third kappa shape index (κ3) is 0.586. The summed E-state index contributed by atoms with van der Waals surface area (Å²) in [5.74, 6) is 0. The molecule has 1 saturated heterocycles. The van der Waals surface area contributed by atoms with Crippen molar-refractivity contribution in [2.24, 2.45) is 10.8 Å². The molecule has 2 rings (SSSR count). The lowest BCUT2D eigenvalue weighted by molar-refractivity contribution is 0.295. The zero-order valence-electron chi connectivity index (χ0n) is 6.33. The molecule has 0 spiro atoms. The maximum absolute atomic E-state index is 3.44. The lowest BCUT2D eigenvalue weighted by Crippen LogP contribution is -2.33. The van der Waals surface area contributed by atoms with Crippen molar-refractivity contribution in [3.05, 3.63) is 0 Å². The molecule has 0 aromatic heterocycles. The maximum Gasteiger partial charge on any atom is 0.00106 e. The summed E-state index contributed by atoms with van der Waals surface area (Å²) in [5.41, 5.74) is 1.39. The second-order valence-electron chi connectivity index (χ2n) is 4.22. The number of piperidine rings is 1. The molecule has 2 aliphatic rings. The van der Waals surface area contributed by atoms with Gasteiger partial charge in [-0.2, -0.15) is 0 Å². The summed E-state index contributed by atoms with van der Waals surface area (Å²) in [6.07, 6.45) is 2.84. The van der Waals surface area contributed by atoms with E-state index < -0.39 is 0 Å². The monoisotopic (exact) mass is 125 g/mol. The average Bonchev–Trinajstić information content (AvgIpc) is 2.33. The molecule has 2 fully saturated rings. The lowest BCUT2D eigenvalue weighted by atomic mass is 9.90. The second-order valence-corrected chi connectivity index (χ2v) is 4.22. The van der Waals surface area contributed by atoms with Crippen LogP contribution in [0.3, 0.4) is 0 Å². The third-order valence-electron chi connectivity index (χ3n) is 3.48. The van der Waals surface area contributed by atoms with Gasteiger partial charge in [-0.25, -0.2) is 0 Å². The van der Waals surface area contributed by atoms with Gasteiger partial charge in [0.05, 0.1) is 0 Å². The molecule has 1 heterocycles. The Hall–Kier alpha value is -0.0400. The SMILES string of the molecule is CC12CCNCC1(C)C2. The molecule has 2 atom stereocenters. The Kier molecular flexibility index (Phi) is 0.852. The highest BCUT2D eigenvalue weighted by atomic mass is 14.9. The van der Waals surface area contributed by atoms with Gasteiger partial charge in [-0.3, -0.25) is 0 Å². The highest BCUT2D eigenvalue weighted by Gasteiger charge is 2.61. The Morgan fingerprint density at radius 2 is 2.00 bits per heavy atom. The van der Waals surface area contributed by atoms with Gasteiger partial charge in [0.2, 0.25) is 0 Å². The fourth-order valence-electron chi connectivity index (χ4n) is 2.21. The zero-order valence-corrected chi connectivity index (χ0v) is 6.33. The van der Waals surface area contributed by atoms with Crippen molar-refractivity contribution in [2.45, 2.75) is 26.7 Å². The summed E-state index contributed by atoms with van der Waals surface area (Å²) < 4.78 is 0. The van der Waals surface area contributed by atoms with Crippen molar-refractivity contribution in [3.8, 4) is 0 Å². The van der Waals surface area contributed by atoms with Crippen molar-refractivity contribution < 1.29 is 0 Å². The van der Waals surface area contributed by atoms with Crippen LogP contribution in [0.25, 0.3) is 0 Å². The van der Waals surface area contributed by atoms with Crippen molar-refractivity contribution in [1.82, 2.24) is 5.32 Å². The van der Waals surface area contributed by atoms with Gasteiger partial charge in [-0.15, -0.1) is 0 Å². The third-order valence-corrected chi connectivity index (χ3v) is 3.48.